The van der Waals surface area contributed by atoms with Gasteiger partial charge in [0.05, 0.1) is 10.4 Å². The third-order valence-electron chi connectivity index (χ3n) is 5.20. The van der Waals surface area contributed by atoms with Crippen molar-refractivity contribution in [3.8, 4) is 0 Å². The van der Waals surface area contributed by atoms with Crippen molar-refractivity contribution in [2.75, 3.05) is 27.2 Å². The van der Waals surface area contributed by atoms with E-state index in [2.05, 4.69) is 9.97 Å². The normalized spacial score (nSPS) is 15.0. The molecule has 0 N–H and O–H groups in total. The third kappa shape index (κ3) is 3.38. The number of pyridine rings is 2. The first-order chi connectivity index (χ1) is 13.6. The first kappa shape index (κ1) is 18.6. The fourth-order valence-corrected chi connectivity index (χ4v) is 5.01. The zero-order chi connectivity index (χ0) is 19.7. The maximum atomic E-state index is 12.8. The predicted octanol–water partition coefficient (Wildman–Crippen LogP) is 3.41. The number of likely N-dealkylation sites (tertiary alicyclic amines) is 1. The molecule has 0 unspecified atom stereocenters. The molecule has 0 spiro atoms. The van der Waals surface area contributed by atoms with Gasteiger partial charge in [0.2, 0.25) is 0 Å². The van der Waals surface area contributed by atoms with Gasteiger partial charge in [0.25, 0.3) is 11.8 Å². The summed E-state index contributed by atoms with van der Waals surface area (Å²) in [6.45, 7) is 1.34. The molecule has 0 aliphatic carbocycles. The SMILES string of the molecule is CN(C)C(=O)c1sc2ncccc2c1C1CCN(C(=O)c2cccnc2)CC1. The Morgan fingerprint density at radius 3 is 2.57 bits per heavy atom. The van der Waals surface area contributed by atoms with E-state index in [4.69, 9.17) is 0 Å². The number of aromatic nitrogens is 2. The summed E-state index contributed by atoms with van der Waals surface area (Å²) in [5.74, 6) is 0.287. The smallest absolute Gasteiger partial charge is 0.263 e. The van der Waals surface area contributed by atoms with Gasteiger partial charge < -0.3 is 9.80 Å². The van der Waals surface area contributed by atoms with Gasteiger partial charge in [0.1, 0.15) is 4.83 Å². The maximum absolute atomic E-state index is 12.8. The van der Waals surface area contributed by atoms with Crippen LogP contribution in [0.5, 0.6) is 0 Å². The average molecular weight is 395 g/mol. The number of hydrogen-bond acceptors (Lipinski definition) is 5. The molecule has 0 radical (unpaired) electrons. The van der Waals surface area contributed by atoms with Crippen LogP contribution < -0.4 is 0 Å². The van der Waals surface area contributed by atoms with Crippen molar-refractivity contribution >= 4 is 33.4 Å². The Labute approximate surface area is 167 Å². The number of fused-ring (bicyclic) bond motifs is 1. The quantitative estimate of drug-likeness (QED) is 0.683. The Kier molecular flexibility index (Phi) is 5.09. The van der Waals surface area contributed by atoms with Gasteiger partial charge in [-0.05, 0) is 42.5 Å². The molecule has 7 heteroatoms. The molecule has 1 fully saturated rings. The van der Waals surface area contributed by atoms with Gasteiger partial charge in [-0.1, -0.05) is 6.07 Å². The van der Waals surface area contributed by atoms with Crippen LogP contribution in [0.2, 0.25) is 0 Å². The second kappa shape index (κ2) is 7.67. The second-order valence-corrected chi connectivity index (χ2v) is 8.21. The van der Waals surface area contributed by atoms with Crippen LogP contribution in [0, 0.1) is 0 Å². The van der Waals surface area contributed by atoms with Gasteiger partial charge >= 0.3 is 0 Å². The molecule has 3 aromatic heterocycles. The monoisotopic (exact) mass is 394 g/mol. The van der Waals surface area contributed by atoms with Crippen molar-refractivity contribution < 1.29 is 9.59 Å². The van der Waals surface area contributed by atoms with E-state index in [0.717, 1.165) is 33.5 Å². The lowest BCUT2D eigenvalue weighted by atomic mass is 9.87. The lowest BCUT2D eigenvalue weighted by Gasteiger charge is -2.32. The van der Waals surface area contributed by atoms with Gasteiger partial charge in [0, 0.05) is 51.2 Å². The highest BCUT2D eigenvalue weighted by molar-refractivity contribution is 7.20. The van der Waals surface area contributed by atoms with Gasteiger partial charge in [-0.3, -0.25) is 14.6 Å². The molecule has 1 aliphatic heterocycles. The molecule has 144 valence electrons. The van der Waals surface area contributed by atoms with Crippen molar-refractivity contribution in [3.05, 3.63) is 58.9 Å². The summed E-state index contributed by atoms with van der Waals surface area (Å²) in [6.07, 6.45) is 6.71. The van der Waals surface area contributed by atoms with Gasteiger partial charge in [-0.2, -0.15) is 0 Å². The van der Waals surface area contributed by atoms with Gasteiger partial charge in [-0.15, -0.1) is 11.3 Å². The van der Waals surface area contributed by atoms with Crippen molar-refractivity contribution in [1.82, 2.24) is 19.8 Å². The highest BCUT2D eigenvalue weighted by Crippen LogP contribution is 2.40. The van der Waals surface area contributed by atoms with Crippen LogP contribution >= 0.6 is 11.3 Å². The molecule has 1 saturated heterocycles. The Balaban J connectivity index is 1.59. The molecule has 0 atom stereocenters. The van der Waals surface area contributed by atoms with E-state index in [0.29, 0.717) is 18.7 Å². The third-order valence-corrected chi connectivity index (χ3v) is 6.32. The van der Waals surface area contributed by atoms with Crippen LogP contribution in [-0.4, -0.2) is 58.8 Å². The summed E-state index contributed by atoms with van der Waals surface area (Å²) in [4.78, 5) is 39.1. The lowest BCUT2D eigenvalue weighted by Crippen LogP contribution is -2.38. The van der Waals surface area contributed by atoms with E-state index >= 15 is 0 Å². The Morgan fingerprint density at radius 1 is 1.14 bits per heavy atom. The number of rotatable bonds is 3. The fraction of sp³-hybridized carbons (Fsp3) is 0.333. The molecular weight excluding hydrogens is 372 g/mol. The van der Waals surface area contributed by atoms with Crippen molar-refractivity contribution in [3.63, 3.8) is 0 Å². The van der Waals surface area contributed by atoms with Crippen molar-refractivity contribution in [1.29, 1.82) is 0 Å². The minimum atomic E-state index is 0.0202. The first-order valence-electron chi connectivity index (χ1n) is 9.34. The number of hydrogen-bond donors (Lipinski definition) is 0. The Morgan fingerprint density at radius 2 is 1.89 bits per heavy atom. The van der Waals surface area contributed by atoms with E-state index in [1.54, 1.807) is 49.7 Å². The van der Waals surface area contributed by atoms with Crippen molar-refractivity contribution in [2.45, 2.75) is 18.8 Å². The number of amides is 2. The highest BCUT2D eigenvalue weighted by atomic mass is 32.1. The van der Waals surface area contributed by atoms with Crippen LogP contribution in [0.1, 0.15) is 44.4 Å². The molecule has 28 heavy (non-hydrogen) atoms. The van der Waals surface area contributed by atoms with Crippen LogP contribution in [0.3, 0.4) is 0 Å². The molecule has 6 nitrogen and oxygen atoms in total. The minimum Gasteiger partial charge on any atom is -0.344 e. The number of piperidine rings is 1. The molecule has 4 rings (SSSR count). The highest BCUT2D eigenvalue weighted by Gasteiger charge is 2.30. The first-order valence-corrected chi connectivity index (χ1v) is 10.2. The summed E-state index contributed by atoms with van der Waals surface area (Å²) in [6, 6.07) is 7.55. The maximum Gasteiger partial charge on any atom is 0.263 e. The Hall–Kier alpha value is -2.80. The average Bonchev–Trinajstić information content (AvgIpc) is 3.12. The standard InChI is InChI=1S/C21H22N4O2S/c1-24(2)21(27)18-17(16-6-4-10-23-19(16)28-18)14-7-11-25(12-8-14)20(26)15-5-3-9-22-13-15/h3-6,9-10,13-14H,7-8,11-12H2,1-2H3. The van der Waals surface area contributed by atoms with E-state index in [-0.39, 0.29) is 17.7 Å². The summed E-state index contributed by atoms with van der Waals surface area (Å²) in [5, 5.41) is 1.06. The molecular formula is C21H22N4O2S. The number of thiophene rings is 1. The summed E-state index contributed by atoms with van der Waals surface area (Å²) in [5.41, 5.74) is 1.72. The topological polar surface area (TPSA) is 66.4 Å². The molecule has 0 aromatic carbocycles. The number of carbonyl (C=O) groups is 2. The Bertz CT molecular complexity index is 1010. The van der Waals surface area contributed by atoms with E-state index in [9.17, 15) is 9.59 Å². The van der Waals surface area contributed by atoms with Crippen LogP contribution in [0.4, 0.5) is 0 Å². The zero-order valence-electron chi connectivity index (χ0n) is 16.0. The number of nitrogens with zero attached hydrogens (tertiary/aromatic N) is 4. The second-order valence-electron chi connectivity index (χ2n) is 7.21. The van der Waals surface area contributed by atoms with E-state index in [1.807, 2.05) is 17.0 Å². The molecule has 2 amide bonds. The van der Waals surface area contributed by atoms with Crippen LogP contribution in [0.25, 0.3) is 10.2 Å². The largest absolute Gasteiger partial charge is 0.344 e. The summed E-state index contributed by atoms with van der Waals surface area (Å²) in [7, 11) is 3.55. The van der Waals surface area contributed by atoms with Gasteiger partial charge in [0.15, 0.2) is 0 Å². The van der Waals surface area contributed by atoms with E-state index < -0.39 is 0 Å². The molecule has 1 aliphatic rings. The number of carbonyl (C=O) groups excluding carboxylic acids is 2. The molecule has 3 aromatic rings. The fourth-order valence-electron chi connectivity index (χ4n) is 3.76. The summed E-state index contributed by atoms with van der Waals surface area (Å²) < 4.78 is 0. The predicted molar refractivity (Wildman–Crippen MR) is 110 cm³/mol. The minimum absolute atomic E-state index is 0.0202. The van der Waals surface area contributed by atoms with Crippen LogP contribution in [-0.2, 0) is 0 Å². The van der Waals surface area contributed by atoms with Gasteiger partial charge in [-0.25, -0.2) is 4.98 Å². The molecule has 4 heterocycles. The molecule has 0 bridgehead atoms. The van der Waals surface area contributed by atoms with E-state index in [1.165, 1.54) is 11.3 Å². The zero-order valence-corrected chi connectivity index (χ0v) is 16.8. The lowest BCUT2D eigenvalue weighted by molar-refractivity contribution is 0.0710. The van der Waals surface area contributed by atoms with Crippen LogP contribution in [0.15, 0.2) is 42.9 Å². The molecule has 0 saturated carbocycles. The summed E-state index contributed by atoms with van der Waals surface area (Å²) >= 11 is 1.47. The van der Waals surface area contributed by atoms with Crippen molar-refractivity contribution in [2.24, 2.45) is 0 Å².